The van der Waals surface area contributed by atoms with Gasteiger partial charge < -0.3 is 10.6 Å². The van der Waals surface area contributed by atoms with E-state index in [1.165, 1.54) is 12.5 Å². The third kappa shape index (κ3) is 5.12. The summed E-state index contributed by atoms with van der Waals surface area (Å²) in [4.78, 5) is 26.2. The highest BCUT2D eigenvalue weighted by Gasteiger charge is 2.25. The summed E-state index contributed by atoms with van der Waals surface area (Å²) in [7, 11) is 0. The van der Waals surface area contributed by atoms with E-state index in [1.54, 1.807) is 18.2 Å². The number of carbonyl (C=O) groups is 2. The van der Waals surface area contributed by atoms with E-state index in [-0.39, 0.29) is 17.9 Å². The number of amides is 2. The van der Waals surface area contributed by atoms with Crippen molar-refractivity contribution in [3.63, 3.8) is 0 Å². The zero-order valence-electron chi connectivity index (χ0n) is 16.2. The highest BCUT2D eigenvalue weighted by molar-refractivity contribution is 6.34. The van der Waals surface area contributed by atoms with Crippen molar-refractivity contribution in [1.29, 1.82) is 0 Å². The monoisotopic (exact) mass is 399 g/mol. The third-order valence-electron chi connectivity index (χ3n) is 5.23. The summed E-state index contributed by atoms with van der Waals surface area (Å²) >= 11 is 6.24. The molecule has 1 aliphatic heterocycles. The first-order chi connectivity index (χ1) is 13.4. The minimum absolute atomic E-state index is 0.137. The Bertz CT molecular complexity index is 833. The molecule has 5 nitrogen and oxygen atoms in total. The van der Waals surface area contributed by atoms with Crippen LogP contribution >= 0.6 is 11.6 Å². The maximum Gasteiger partial charge on any atom is 0.253 e. The first-order valence-corrected chi connectivity index (χ1v) is 9.99. The molecule has 1 fully saturated rings. The van der Waals surface area contributed by atoms with E-state index >= 15 is 0 Å². The van der Waals surface area contributed by atoms with Gasteiger partial charge in [-0.1, -0.05) is 41.9 Å². The van der Waals surface area contributed by atoms with Gasteiger partial charge in [-0.2, -0.15) is 0 Å². The van der Waals surface area contributed by atoms with Crippen LogP contribution in [0.2, 0.25) is 5.02 Å². The number of piperidine rings is 1. The molecule has 2 N–H and O–H groups in total. The number of rotatable bonds is 5. The van der Waals surface area contributed by atoms with Crippen LogP contribution in [0.25, 0.3) is 0 Å². The Balaban J connectivity index is 1.54. The molecule has 1 aliphatic rings. The molecule has 6 heteroatoms. The van der Waals surface area contributed by atoms with Gasteiger partial charge in [-0.3, -0.25) is 14.5 Å². The topological polar surface area (TPSA) is 61.4 Å². The summed E-state index contributed by atoms with van der Waals surface area (Å²) in [5.41, 5.74) is 2.32. The summed E-state index contributed by atoms with van der Waals surface area (Å²) in [5.74, 6) is -0.348. The average molecular weight is 400 g/mol. The quantitative estimate of drug-likeness (QED) is 0.789. The molecule has 0 bridgehead atoms. The zero-order valence-corrected chi connectivity index (χ0v) is 17.0. The number of nitrogens with zero attached hydrogens (tertiary/aromatic N) is 1. The first kappa shape index (κ1) is 20.4. The Morgan fingerprint density at radius 2 is 1.79 bits per heavy atom. The predicted molar refractivity (Wildman–Crippen MR) is 113 cm³/mol. The molecule has 1 unspecified atom stereocenters. The van der Waals surface area contributed by atoms with Crippen LogP contribution < -0.4 is 10.6 Å². The number of halogens is 1. The summed E-state index contributed by atoms with van der Waals surface area (Å²) in [6.45, 7) is 5.54. The standard InChI is InChI=1S/C22H26ClN3O2/c1-15(17-6-4-3-5-7-17)26-12-10-18(11-13-26)25-22(28)20-9-8-19(14-21(20)23)24-16(2)27/h3-9,14-15,18H,10-13H2,1-2H3,(H,24,27)(H,25,28). The van der Waals surface area contributed by atoms with Crippen LogP contribution in [-0.4, -0.2) is 35.8 Å². The van der Waals surface area contributed by atoms with Crippen molar-refractivity contribution in [2.45, 2.75) is 38.8 Å². The Morgan fingerprint density at radius 1 is 1.11 bits per heavy atom. The van der Waals surface area contributed by atoms with E-state index in [1.807, 2.05) is 6.07 Å². The lowest BCUT2D eigenvalue weighted by Crippen LogP contribution is -2.45. The number of hydrogen-bond donors (Lipinski definition) is 2. The number of nitrogens with one attached hydrogen (secondary N) is 2. The second-order valence-electron chi connectivity index (χ2n) is 7.25. The van der Waals surface area contributed by atoms with Crippen molar-refractivity contribution in [3.05, 3.63) is 64.7 Å². The molecule has 148 valence electrons. The van der Waals surface area contributed by atoms with Crippen LogP contribution in [0.15, 0.2) is 48.5 Å². The SMILES string of the molecule is CC(=O)Nc1ccc(C(=O)NC2CCN(C(C)c3ccccc3)CC2)c(Cl)c1. The van der Waals surface area contributed by atoms with Crippen LogP contribution in [0.3, 0.4) is 0 Å². The molecule has 2 aromatic rings. The van der Waals surface area contributed by atoms with Crippen LogP contribution in [0.1, 0.15) is 48.7 Å². The lowest BCUT2D eigenvalue weighted by molar-refractivity contribution is -0.114. The Morgan fingerprint density at radius 3 is 2.39 bits per heavy atom. The van der Waals surface area contributed by atoms with E-state index < -0.39 is 0 Å². The molecule has 28 heavy (non-hydrogen) atoms. The smallest absolute Gasteiger partial charge is 0.253 e. The maximum absolute atomic E-state index is 12.6. The largest absolute Gasteiger partial charge is 0.349 e. The van der Waals surface area contributed by atoms with Crippen molar-refractivity contribution in [1.82, 2.24) is 10.2 Å². The summed E-state index contributed by atoms with van der Waals surface area (Å²) in [5, 5.41) is 6.09. The fraction of sp³-hybridized carbons (Fsp3) is 0.364. The fourth-order valence-corrected chi connectivity index (χ4v) is 3.88. The van der Waals surface area contributed by atoms with Crippen molar-refractivity contribution < 1.29 is 9.59 Å². The highest BCUT2D eigenvalue weighted by Crippen LogP contribution is 2.25. The van der Waals surface area contributed by atoms with Gasteiger partial charge >= 0.3 is 0 Å². The van der Waals surface area contributed by atoms with Gasteiger partial charge in [-0.15, -0.1) is 0 Å². The van der Waals surface area contributed by atoms with Crippen molar-refractivity contribution in [2.75, 3.05) is 18.4 Å². The molecule has 0 aliphatic carbocycles. The van der Waals surface area contributed by atoms with Crippen molar-refractivity contribution in [3.8, 4) is 0 Å². The van der Waals surface area contributed by atoms with Crippen molar-refractivity contribution in [2.24, 2.45) is 0 Å². The van der Waals surface area contributed by atoms with E-state index in [0.29, 0.717) is 22.3 Å². The molecule has 2 aromatic carbocycles. The second-order valence-corrected chi connectivity index (χ2v) is 7.65. The van der Waals surface area contributed by atoms with E-state index in [9.17, 15) is 9.59 Å². The van der Waals surface area contributed by atoms with Gasteiger partial charge in [0.05, 0.1) is 10.6 Å². The number of carbonyl (C=O) groups excluding carboxylic acids is 2. The molecule has 0 aromatic heterocycles. The summed E-state index contributed by atoms with van der Waals surface area (Å²) < 4.78 is 0. The summed E-state index contributed by atoms with van der Waals surface area (Å²) in [6, 6.07) is 15.9. The van der Waals surface area contributed by atoms with Crippen LogP contribution in [-0.2, 0) is 4.79 Å². The minimum atomic E-state index is -0.176. The third-order valence-corrected chi connectivity index (χ3v) is 5.54. The maximum atomic E-state index is 12.6. The van der Waals surface area contributed by atoms with Gasteiger partial charge in [-0.25, -0.2) is 0 Å². The highest BCUT2D eigenvalue weighted by atomic mass is 35.5. The van der Waals surface area contributed by atoms with Crippen molar-refractivity contribution >= 4 is 29.1 Å². The van der Waals surface area contributed by atoms with Gasteiger partial charge in [0, 0.05) is 37.8 Å². The van der Waals surface area contributed by atoms with Gasteiger partial charge in [0.15, 0.2) is 0 Å². The Labute approximate surface area is 171 Å². The normalized spacial score (nSPS) is 16.4. The molecule has 1 saturated heterocycles. The number of benzene rings is 2. The van der Waals surface area contributed by atoms with Gasteiger partial charge in [0.25, 0.3) is 5.91 Å². The lowest BCUT2D eigenvalue weighted by atomic mass is 10.00. The van der Waals surface area contributed by atoms with E-state index in [0.717, 1.165) is 25.9 Å². The molecule has 1 atom stereocenters. The molecule has 0 radical (unpaired) electrons. The molecule has 0 spiro atoms. The van der Waals surface area contributed by atoms with E-state index in [2.05, 4.69) is 46.7 Å². The molecule has 0 saturated carbocycles. The molecule has 2 amide bonds. The molecule has 1 heterocycles. The summed E-state index contributed by atoms with van der Waals surface area (Å²) in [6.07, 6.45) is 1.81. The van der Waals surface area contributed by atoms with Crippen LogP contribution in [0.4, 0.5) is 5.69 Å². The van der Waals surface area contributed by atoms with Gasteiger partial charge in [0.1, 0.15) is 0 Å². The minimum Gasteiger partial charge on any atom is -0.349 e. The van der Waals surface area contributed by atoms with Gasteiger partial charge in [-0.05, 0) is 43.5 Å². The molecule has 3 rings (SSSR count). The number of hydrogen-bond acceptors (Lipinski definition) is 3. The predicted octanol–water partition coefficient (Wildman–Crippen LogP) is 4.25. The Kier molecular flexibility index (Phi) is 6.70. The number of anilines is 1. The second kappa shape index (κ2) is 9.22. The van der Waals surface area contributed by atoms with Crippen LogP contribution in [0.5, 0.6) is 0 Å². The molecular formula is C22H26ClN3O2. The Hall–Kier alpha value is -2.37. The zero-order chi connectivity index (χ0) is 20.1. The fourth-order valence-electron chi connectivity index (χ4n) is 3.62. The molecular weight excluding hydrogens is 374 g/mol. The van der Waals surface area contributed by atoms with E-state index in [4.69, 9.17) is 11.6 Å². The first-order valence-electron chi connectivity index (χ1n) is 9.61. The number of likely N-dealkylation sites (tertiary alicyclic amines) is 1. The van der Waals surface area contributed by atoms with Gasteiger partial charge in [0.2, 0.25) is 5.91 Å². The lowest BCUT2D eigenvalue weighted by Gasteiger charge is -2.36. The average Bonchev–Trinajstić information content (AvgIpc) is 2.68. The van der Waals surface area contributed by atoms with Crippen LogP contribution in [0, 0.1) is 0 Å².